The van der Waals surface area contributed by atoms with Crippen molar-refractivity contribution < 1.29 is 4.74 Å². The van der Waals surface area contributed by atoms with Crippen molar-refractivity contribution in [1.82, 2.24) is 10.2 Å². The number of ether oxygens (including phenoxy) is 1. The van der Waals surface area contributed by atoms with E-state index in [1.54, 1.807) is 0 Å². The van der Waals surface area contributed by atoms with Crippen molar-refractivity contribution in [3.8, 4) is 5.75 Å². The van der Waals surface area contributed by atoms with E-state index in [0.717, 1.165) is 29.9 Å². The minimum absolute atomic E-state index is 0.478. The molecule has 0 atom stereocenters. The summed E-state index contributed by atoms with van der Waals surface area (Å²) in [4.78, 5) is 2.48. The van der Waals surface area contributed by atoms with E-state index in [2.05, 4.69) is 52.1 Å². The van der Waals surface area contributed by atoms with Gasteiger partial charge in [0.2, 0.25) is 0 Å². The fourth-order valence-corrected chi connectivity index (χ4v) is 2.84. The highest BCUT2D eigenvalue weighted by atomic mass is 79.9. The van der Waals surface area contributed by atoms with E-state index in [0.29, 0.717) is 6.04 Å². The van der Waals surface area contributed by atoms with Gasteiger partial charge in [0.1, 0.15) is 12.4 Å². The van der Waals surface area contributed by atoms with Gasteiger partial charge in [-0.2, -0.15) is 0 Å². The summed E-state index contributed by atoms with van der Waals surface area (Å²) < 4.78 is 7.09. The lowest BCUT2D eigenvalue weighted by Crippen LogP contribution is -2.26. The predicted molar refractivity (Wildman–Crippen MR) is 87.3 cm³/mol. The Kier molecular flexibility index (Phi) is 6.33. The van der Waals surface area contributed by atoms with Crippen LogP contribution in [-0.2, 0) is 6.54 Å². The Bertz CT molecular complexity index is 417. The Morgan fingerprint density at radius 3 is 2.75 bits per heavy atom. The first-order chi connectivity index (χ1) is 9.65. The zero-order chi connectivity index (χ0) is 14.4. The molecule has 112 valence electrons. The number of nitrogens with zero attached hydrogens (tertiary/aromatic N) is 1. The van der Waals surface area contributed by atoms with Crippen molar-refractivity contribution >= 4 is 15.9 Å². The Morgan fingerprint density at radius 1 is 1.30 bits per heavy atom. The zero-order valence-corrected chi connectivity index (χ0v) is 14.1. The molecule has 0 aromatic heterocycles. The van der Waals surface area contributed by atoms with Crippen molar-refractivity contribution in [3.05, 3.63) is 28.2 Å². The van der Waals surface area contributed by atoms with E-state index in [1.165, 1.54) is 31.5 Å². The van der Waals surface area contributed by atoms with Crippen LogP contribution in [0.1, 0.15) is 32.3 Å². The van der Waals surface area contributed by atoms with Gasteiger partial charge in [-0.05, 0) is 44.1 Å². The molecule has 0 bridgehead atoms. The molecule has 4 heteroatoms. The van der Waals surface area contributed by atoms with Crippen molar-refractivity contribution in [2.75, 3.05) is 26.2 Å². The second kappa shape index (κ2) is 8.01. The summed E-state index contributed by atoms with van der Waals surface area (Å²) in [6.45, 7) is 9.42. The first-order valence-corrected chi connectivity index (χ1v) is 8.31. The summed E-state index contributed by atoms with van der Waals surface area (Å²) >= 11 is 3.53. The van der Waals surface area contributed by atoms with Gasteiger partial charge < -0.3 is 10.1 Å². The monoisotopic (exact) mass is 340 g/mol. The number of hydrogen-bond acceptors (Lipinski definition) is 3. The van der Waals surface area contributed by atoms with E-state index in [-0.39, 0.29) is 0 Å². The maximum atomic E-state index is 5.98. The predicted octanol–water partition coefficient (Wildman–Crippen LogP) is 3.42. The molecule has 0 aliphatic carbocycles. The maximum Gasteiger partial charge on any atom is 0.123 e. The molecule has 1 saturated heterocycles. The normalized spacial score (nSPS) is 16.0. The van der Waals surface area contributed by atoms with Crippen molar-refractivity contribution in [2.45, 2.75) is 39.3 Å². The average molecular weight is 341 g/mol. The summed E-state index contributed by atoms with van der Waals surface area (Å²) in [5.74, 6) is 1.00. The smallest absolute Gasteiger partial charge is 0.123 e. The molecule has 0 amide bonds. The third-order valence-corrected chi connectivity index (χ3v) is 4.08. The second-order valence-corrected chi connectivity index (χ2v) is 6.60. The number of benzene rings is 1. The van der Waals surface area contributed by atoms with Gasteiger partial charge in [-0.15, -0.1) is 0 Å². The summed E-state index contributed by atoms with van der Waals surface area (Å²) in [7, 11) is 0. The maximum absolute atomic E-state index is 5.98. The Labute approximate surface area is 130 Å². The third-order valence-electron chi connectivity index (χ3n) is 3.59. The Morgan fingerprint density at radius 2 is 2.05 bits per heavy atom. The number of hydrogen-bond donors (Lipinski definition) is 1. The van der Waals surface area contributed by atoms with Crippen molar-refractivity contribution in [3.63, 3.8) is 0 Å². The zero-order valence-electron chi connectivity index (χ0n) is 12.5. The van der Waals surface area contributed by atoms with Crippen LogP contribution in [-0.4, -0.2) is 37.2 Å². The largest absolute Gasteiger partial charge is 0.492 e. The van der Waals surface area contributed by atoms with Gasteiger partial charge in [0.25, 0.3) is 0 Å². The van der Waals surface area contributed by atoms with Gasteiger partial charge in [0.15, 0.2) is 0 Å². The molecule has 0 radical (unpaired) electrons. The van der Waals surface area contributed by atoms with E-state index in [4.69, 9.17) is 4.74 Å². The van der Waals surface area contributed by atoms with Crippen LogP contribution in [0.15, 0.2) is 22.7 Å². The molecule has 1 N–H and O–H groups in total. The summed E-state index contributed by atoms with van der Waals surface area (Å²) in [6, 6.07) is 6.72. The fourth-order valence-electron chi connectivity index (χ4n) is 2.43. The fraction of sp³-hybridized carbons (Fsp3) is 0.625. The molecule has 0 saturated carbocycles. The SMILES string of the molecule is CC(C)NCc1cc(Br)ccc1OCCN1CCCC1. The number of nitrogens with one attached hydrogen (secondary N) is 1. The van der Waals surface area contributed by atoms with E-state index < -0.39 is 0 Å². The topological polar surface area (TPSA) is 24.5 Å². The molecule has 0 spiro atoms. The highest BCUT2D eigenvalue weighted by molar-refractivity contribution is 9.10. The van der Waals surface area contributed by atoms with Crippen molar-refractivity contribution in [2.24, 2.45) is 0 Å². The van der Waals surface area contributed by atoms with Crippen LogP contribution in [0, 0.1) is 0 Å². The van der Waals surface area contributed by atoms with Crippen molar-refractivity contribution in [1.29, 1.82) is 0 Å². The molecule has 2 rings (SSSR count). The first-order valence-electron chi connectivity index (χ1n) is 7.52. The van der Waals surface area contributed by atoms with Crippen LogP contribution in [0.2, 0.25) is 0 Å². The minimum Gasteiger partial charge on any atom is -0.492 e. The number of halogens is 1. The molecule has 0 unspecified atom stereocenters. The molecule has 20 heavy (non-hydrogen) atoms. The minimum atomic E-state index is 0.478. The van der Waals surface area contributed by atoms with Gasteiger partial charge in [-0.25, -0.2) is 0 Å². The van der Waals surface area contributed by atoms with Crippen LogP contribution in [0.3, 0.4) is 0 Å². The van der Waals surface area contributed by atoms with Crippen LogP contribution >= 0.6 is 15.9 Å². The number of likely N-dealkylation sites (tertiary alicyclic amines) is 1. The molecule has 1 fully saturated rings. The lowest BCUT2D eigenvalue weighted by Gasteiger charge is -2.17. The van der Waals surface area contributed by atoms with E-state index in [9.17, 15) is 0 Å². The molecule has 3 nitrogen and oxygen atoms in total. The summed E-state index contributed by atoms with van der Waals surface area (Å²) in [6.07, 6.45) is 2.67. The van der Waals surface area contributed by atoms with E-state index in [1.807, 2.05) is 6.07 Å². The van der Waals surface area contributed by atoms with E-state index >= 15 is 0 Å². The summed E-state index contributed by atoms with van der Waals surface area (Å²) in [5.41, 5.74) is 1.22. The Hall–Kier alpha value is -0.580. The van der Waals surface area contributed by atoms with Crippen LogP contribution < -0.4 is 10.1 Å². The van der Waals surface area contributed by atoms with Crippen LogP contribution in [0.5, 0.6) is 5.75 Å². The lowest BCUT2D eigenvalue weighted by atomic mass is 10.2. The quantitative estimate of drug-likeness (QED) is 0.822. The lowest BCUT2D eigenvalue weighted by molar-refractivity contribution is 0.236. The molecule has 1 heterocycles. The molecule has 1 aromatic rings. The first kappa shape index (κ1) is 15.8. The van der Waals surface area contributed by atoms with Crippen LogP contribution in [0.4, 0.5) is 0 Å². The molecular formula is C16H25BrN2O. The summed E-state index contributed by atoms with van der Waals surface area (Å²) in [5, 5.41) is 3.45. The highest BCUT2D eigenvalue weighted by Gasteiger charge is 2.11. The van der Waals surface area contributed by atoms with Gasteiger partial charge in [-0.1, -0.05) is 29.8 Å². The second-order valence-electron chi connectivity index (χ2n) is 5.68. The average Bonchev–Trinajstić information content (AvgIpc) is 2.91. The number of rotatable bonds is 7. The Balaban J connectivity index is 1.88. The molecule has 1 aliphatic heterocycles. The standard InChI is InChI=1S/C16H25BrN2O/c1-13(2)18-12-14-11-15(17)5-6-16(14)20-10-9-19-7-3-4-8-19/h5-6,11,13,18H,3-4,7-10,12H2,1-2H3. The molecule has 1 aliphatic rings. The third kappa shape index (κ3) is 5.08. The van der Waals surface area contributed by atoms with Gasteiger partial charge >= 0.3 is 0 Å². The van der Waals surface area contributed by atoms with Crippen LogP contribution in [0.25, 0.3) is 0 Å². The highest BCUT2D eigenvalue weighted by Crippen LogP contribution is 2.23. The molecule has 1 aromatic carbocycles. The van der Waals surface area contributed by atoms with Gasteiger partial charge in [0.05, 0.1) is 0 Å². The molecular weight excluding hydrogens is 316 g/mol. The van der Waals surface area contributed by atoms with Gasteiger partial charge in [0, 0.05) is 29.2 Å². The van der Waals surface area contributed by atoms with Gasteiger partial charge in [-0.3, -0.25) is 4.90 Å².